The maximum absolute atomic E-state index is 12.1. The molecule has 0 saturated heterocycles. The summed E-state index contributed by atoms with van der Waals surface area (Å²) in [5.74, 6) is 0.0951. The van der Waals surface area contributed by atoms with Gasteiger partial charge in [0.1, 0.15) is 0 Å². The van der Waals surface area contributed by atoms with Gasteiger partial charge in [0.2, 0.25) is 5.91 Å². The largest absolute Gasteiger partial charge is 0.352 e. The SMILES string of the molecule is CC(N[C@@H](C)c1ccc(Cl)cc1)C(=O)NC1CCCC1. The predicted molar refractivity (Wildman–Crippen MR) is 82.9 cm³/mol. The fourth-order valence-corrected chi connectivity index (χ4v) is 2.82. The highest BCUT2D eigenvalue weighted by molar-refractivity contribution is 6.30. The summed E-state index contributed by atoms with van der Waals surface area (Å²) < 4.78 is 0. The number of carbonyl (C=O) groups is 1. The third-order valence-electron chi connectivity index (χ3n) is 3.96. The molecule has 1 fully saturated rings. The number of amides is 1. The zero-order valence-corrected chi connectivity index (χ0v) is 12.9. The van der Waals surface area contributed by atoms with Crippen LogP contribution in [0, 0.1) is 0 Å². The van der Waals surface area contributed by atoms with Crippen LogP contribution in [-0.4, -0.2) is 18.0 Å². The van der Waals surface area contributed by atoms with Crippen molar-refractivity contribution in [2.45, 2.75) is 57.7 Å². The van der Waals surface area contributed by atoms with Gasteiger partial charge in [0.15, 0.2) is 0 Å². The lowest BCUT2D eigenvalue weighted by atomic mass is 10.1. The van der Waals surface area contributed by atoms with Gasteiger partial charge in [0.05, 0.1) is 6.04 Å². The first-order valence-corrected chi connectivity index (χ1v) is 7.76. The average Bonchev–Trinajstić information content (AvgIpc) is 2.92. The van der Waals surface area contributed by atoms with Gasteiger partial charge >= 0.3 is 0 Å². The molecule has 0 bridgehead atoms. The molecule has 20 heavy (non-hydrogen) atoms. The third-order valence-corrected chi connectivity index (χ3v) is 4.22. The highest BCUT2D eigenvalue weighted by Gasteiger charge is 2.21. The lowest BCUT2D eigenvalue weighted by Gasteiger charge is -2.22. The molecule has 110 valence electrons. The number of hydrogen-bond donors (Lipinski definition) is 2. The minimum absolute atomic E-state index is 0.0951. The molecule has 3 nitrogen and oxygen atoms in total. The molecule has 1 aromatic carbocycles. The predicted octanol–water partition coefficient (Wildman–Crippen LogP) is 3.44. The van der Waals surface area contributed by atoms with Gasteiger partial charge in [0.25, 0.3) is 0 Å². The lowest BCUT2D eigenvalue weighted by Crippen LogP contribution is -2.46. The number of hydrogen-bond acceptors (Lipinski definition) is 2. The molecule has 0 heterocycles. The fraction of sp³-hybridized carbons (Fsp3) is 0.562. The Hall–Kier alpha value is -1.06. The average molecular weight is 295 g/mol. The van der Waals surface area contributed by atoms with Crippen LogP contribution in [0.5, 0.6) is 0 Å². The van der Waals surface area contributed by atoms with Gasteiger partial charge in [0, 0.05) is 17.1 Å². The molecule has 0 spiro atoms. The molecule has 0 radical (unpaired) electrons. The summed E-state index contributed by atoms with van der Waals surface area (Å²) in [6.45, 7) is 3.97. The van der Waals surface area contributed by atoms with E-state index in [9.17, 15) is 4.79 Å². The molecule has 0 aromatic heterocycles. The number of rotatable bonds is 5. The van der Waals surface area contributed by atoms with Crippen molar-refractivity contribution in [2.24, 2.45) is 0 Å². The molecule has 2 atom stereocenters. The zero-order valence-electron chi connectivity index (χ0n) is 12.2. The minimum atomic E-state index is -0.193. The summed E-state index contributed by atoms with van der Waals surface area (Å²) in [6, 6.07) is 8.02. The lowest BCUT2D eigenvalue weighted by molar-refractivity contribution is -0.123. The molecule has 4 heteroatoms. The first-order valence-electron chi connectivity index (χ1n) is 7.38. The quantitative estimate of drug-likeness (QED) is 0.873. The molecule has 2 rings (SSSR count). The van der Waals surface area contributed by atoms with E-state index in [-0.39, 0.29) is 18.0 Å². The van der Waals surface area contributed by atoms with E-state index in [4.69, 9.17) is 11.6 Å². The highest BCUT2D eigenvalue weighted by atomic mass is 35.5. The van der Waals surface area contributed by atoms with Crippen molar-refractivity contribution in [1.82, 2.24) is 10.6 Å². The van der Waals surface area contributed by atoms with Gasteiger partial charge < -0.3 is 5.32 Å². The molecule has 1 aromatic rings. The molecule has 1 aliphatic carbocycles. The second-order valence-corrected chi connectivity index (χ2v) is 6.09. The smallest absolute Gasteiger partial charge is 0.237 e. The first-order chi connectivity index (χ1) is 9.56. The molecule has 1 saturated carbocycles. The summed E-state index contributed by atoms with van der Waals surface area (Å²) in [5, 5.41) is 7.19. The summed E-state index contributed by atoms with van der Waals surface area (Å²) in [5.41, 5.74) is 1.13. The minimum Gasteiger partial charge on any atom is -0.352 e. The Bertz CT molecular complexity index is 440. The van der Waals surface area contributed by atoms with E-state index < -0.39 is 0 Å². The van der Waals surface area contributed by atoms with E-state index in [1.807, 2.05) is 31.2 Å². The summed E-state index contributed by atoms with van der Waals surface area (Å²) in [6.07, 6.45) is 4.69. The first kappa shape index (κ1) is 15.3. The summed E-state index contributed by atoms with van der Waals surface area (Å²) >= 11 is 5.88. The van der Waals surface area contributed by atoms with Crippen LogP contribution >= 0.6 is 11.6 Å². The van der Waals surface area contributed by atoms with Crippen LogP contribution < -0.4 is 10.6 Å². The monoisotopic (exact) mass is 294 g/mol. The third kappa shape index (κ3) is 4.22. The normalized spacial score (nSPS) is 18.8. The van der Waals surface area contributed by atoms with Crippen LogP contribution in [0.4, 0.5) is 0 Å². The maximum Gasteiger partial charge on any atom is 0.237 e. The topological polar surface area (TPSA) is 41.1 Å². The Balaban J connectivity index is 1.84. The van der Waals surface area contributed by atoms with Crippen molar-refractivity contribution in [3.8, 4) is 0 Å². The van der Waals surface area contributed by atoms with Crippen LogP contribution in [0.1, 0.15) is 51.1 Å². The number of carbonyl (C=O) groups excluding carboxylic acids is 1. The number of nitrogens with one attached hydrogen (secondary N) is 2. The van der Waals surface area contributed by atoms with Crippen molar-refractivity contribution >= 4 is 17.5 Å². The second kappa shape index (κ2) is 7.09. The van der Waals surface area contributed by atoms with Crippen molar-refractivity contribution < 1.29 is 4.79 Å². The van der Waals surface area contributed by atoms with Gasteiger partial charge in [-0.3, -0.25) is 10.1 Å². The van der Waals surface area contributed by atoms with Crippen LogP contribution in [0.15, 0.2) is 24.3 Å². The van der Waals surface area contributed by atoms with Crippen LogP contribution in [0.25, 0.3) is 0 Å². The molecule has 2 N–H and O–H groups in total. The molecular formula is C16H23ClN2O. The van der Waals surface area contributed by atoms with E-state index in [1.54, 1.807) is 0 Å². The molecule has 1 unspecified atom stereocenters. The van der Waals surface area contributed by atoms with Crippen molar-refractivity contribution in [3.63, 3.8) is 0 Å². The highest BCUT2D eigenvalue weighted by Crippen LogP contribution is 2.18. The van der Waals surface area contributed by atoms with Gasteiger partial charge in [-0.15, -0.1) is 0 Å². The Labute approximate surface area is 126 Å². The Morgan fingerprint density at radius 3 is 2.40 bits per heavy atom. The van der Waals surface area contributed by atoms with E-state index in [0.717, 1.165) is 23.4 Å². The van der Waals surface area contributed by atoms with Gasteiger partial charge in [-0.2, -0.15) is 0 Å². The molecule has 1 aliphatic rings. The fourth-order valence-electron chi connectivity index (χ4n) is 2.69. The number of halogens is 1. The van der Waals surface area contributed by atoms with Crippen LogP contribution in [0.3, 0.4) is 0 Å². The Morgan fingerprint density at radius 1 is 1.20 bits per heavy atom. The van der Waals surface area contributed by atoms with Gasteiger partial charge in [-0.25, -0.2) is 0 Å². The van der Waals surface area contributed by atoms with E-state index in [2.05, 4.69) is 17.6 Å². The maximum atomic E-state index is 12.1. The van der Waals surface area contributed by atoms with Crippen molar-refractivity contribution in [1.29, 1.82) is 0 Å². The number of benzene rings is 1. The molecule has 1 amide bonds. The van der Waals surface area contributed by atoms with Crippen LogP contribution in [0.2, 0.25) is 5.02 Å². The summed E-state index contributed by atoms with van der Waals surface area (Å²) in [4.78, 5) is 12.1. The van der Waals surface area contributed by atoms with Crippen molar-refractivity contribution in [2.75, 3.05) is 0 Å². The zero-order chi connectivity index (χ0) is 14.5. The van der Waals surface area contributed by atoms with E-state index in [0.29, 0.717) is 6.04 Å². The molecule has 0 aliphatic heterocycles. The Morgan fingerprint density at radius 2 is 1.80 bits per heavy atom. The van der Waals surface area contributed by atoms with Crippen molar-refractivity contribution in [3.05, 3.63) is 34.9 Å². The van der Waals surface area contributed by atoms with E-state index in [1.165, 1.54) is 12.8 Å². The van der Waals surface area contributed by atoms with Gasteiger partial charge in [-0.05, 0) is 44.4 Å². The standard InChI is InChI=1S/C16H23ClN2O/c1-11(13-7-9-14(17)10-8-13)18-12(2)16(20)19-15-5-3-4-6-15/h7-12,15,18H,3-6H2,1-2H3,(H,19,20)/t11-,12?/m0/s1. The van der Waals surface area contributed by atoms with E-state index >= 15 is 0 Å². The van der Waals surface area contributed by atoms with Gasteiger partial charge in [-0.1, -0.05) is 36.6 Å². The summed E-state index contributed by atoms with van der Waals surface area (Å²) in [7, 11) is 0. The molecular weight excluding hydrogens is 272 g/mol. The Kier molecular flexibility index (Phi) is 5.44. The van der Waals surface area contributed by atoms with Crippen LogP contribution in [-0.2, 0) is 4.79 Å². The second-order valence-electron chi connectivity index (χ2n) is 5.65.